The highest BCUT2D eigenvalue weighted by Gasteiger charge is 2.08. The van der Waals surface area contributed by atoms with Crippen LogP contribution < -0.4 is 4.74 Å². The van der Waals surface area contributed by atoms with E-state index in [0.717, 1.165) is 35.7 Å². The van der Waals surface area contributed by atoms with E-state index in [4.69, 9.17) is 4.74 Å². The normalized spacial score (nSPS) is 12.4. The lowest BCUT2D eigenvalue weighted by Crippen LogP contribution is -1.97. The Morgan fingerprint density at radius 2 is 2.03 bits per heavy atom. The summed E-state index contributed by atoms with van der Waals surface area (Å²) in [6, 6.07) is 14.9. The molecule has 0 aliphatic carbocycles. The number of rotatable bonds is 9. The Bertz CT molecular complexity index is 1010. The quantitative estimate of drug-likeness (QED) is 0.350. The molecule has 3 nitrogen and oxygen atoms in total. The number of hydrogen-bond acceptors (Lipinski definition) is 3. The van der Waals surface area contributed by atoms with E-state index < -0.39 is 5.82 Å². The van der Waals surface area contributed by atoms with Crippen LogP contribution in [0.3, 0.4) is 0 Å². The van der Waals surface area contributed by atoms with Gasteiger partial charge >= 0.3 is 0 Å². The molecule has 3 rings (SSSR count). The van der Waals surface area contributed by atoms with Gasteiger partial charge < -0.3 is 9.84 Å². The number of hydrogen-bond donors (Lipinski definition) is 1. The maximum atomic E-state index is 14.2. The summed E-state index contributed by atoms with van der Waals surface area (Å²) in [7, 11) is 0. The van der Waals surface area contributed by atoms with Crippen LogP contribution in [0.2, 0.25) is 0 Å². The fourth-order valence-corrected chi connectivity index (χ4v) is 3.08. The molecule has 0 fully saturated rings. The minimum atomic E-state index is -0.415. The van der Waals surface area contributed by atoms with Crippen molar-refractivity contribution in [3.05, 3.63) is 78.6 Å². The summed E-state index contributed by atoms with van der Waals surface area (Å²) in [5.74, 6) is -0.207. The van der Waals surface area contributed by atoms with Gasteiger partial charge in [0.05, 0.1) is 17.3 Å². The van der Waals surface area contributed by atoms with Gasteiger partial charge in [-0.3, -0.25) is 0 Å². The number of aromatic nitrogens is 1. The Labute approximate surface area is 171 Å². The predicted molar refractivity (Wildman–Crippen MR) is 117 cm³/mol. The summed E-state index contributed by atoms with van der Waals surface area (Å²) in [6.07, 6.45) is 8.29. The average molecular weight is 391 g/mol. The van der Waals surface area contributed by atoms with Crippen molar-refractivity contribution in [3.8, 4) is 17.0 Å². The van der Waals surface area contributed by atoms with Crippen LogP contribution in [-0.4, -0.2) is 22.8 Å². The second kappa shape index (κ2) is 9.99. The van der Waals surface area contributed by atoms with Gasteiger partial charge in [-0.2, -0.15) is 0 Å². The zero-order valence-corrected chi connectivity index (χ0v) is 16.6. The van der Waals surface area contributed by atoms with E-state index in [9.17, 15) is 9.50 Å². The highest BCUT2D eigenvalue weighted by Crippen LogP contribution is 2.26. The number of fused-ring (bicyclic) bond motifs is 1. The molecule has 0 saturated carbocycles. The number of halogens is 1. The van der Waals surface area contributed by atoms with Crippen molar-refractivity contribution in [1.29, 1.82) is 0 Å². The molecule has 150 valence electrons. The smallest absolute Gasteiger partial charge is 0.165 e. The summed E-state index contributed by atoms with van der Waals surface area (Å²) in [4.78, 5) is 4.67. The van der Waals surface area contributed by atoms with Crippen molar-refractivity contribution in [2.45, 2.75) is 32.3 Å². The van der Waals surface area contributed by atoms with Crippen molar-refractivity contribution in [1.82, 2.24) is 4.98 Å². The molecule has 1 heterocycles. The third-order valence-corrected chi connectivity index (χ3v) is 4.60. The van der Waals surface area contributed by atoms with E-state index in [2.05, 4.69) is 29.8 Å². The van der Waals surface area contributed by atoms with Gasteiger partial charge in [-0.1, -0.05) is 36.9 Å². The minimum absolute atomic E-state index is 0.208. The Balaban J connectivity index is 1.74. The molecule has 29 heavy (non-hydrogen) atoms. The van der Waals surface area contributed by atoms with E-state index in [-0.39, 0.29) is 18.5 Å². The molecule has 2 aromatic carbocycles. The molecule has 0 aliphatic rings. The van der Waals surface area contributed by atoms with Crippen molar-refractivity contribution < 1.29 is 14.2 Å². The fourth-order valence-electron chi connectivity index (χ4n) is 3.08. The number of pyridine rings is 1. The third-order valence-electron chi connectivity index (χ3n) is 4.60. The molecule has 1 N–H and O–H groups in total. The second-order valence-electron chi connectivity index (χ2n) is 7.08. The topological polar surface area (TPSA) is 42.4 Å². The third kappa shape index (κ3) is 5.75. The number of aliphatic hydroxyl groups excluding tert-OH is 1. The number of allylic oxidation sites excluding steroid dienone is 1. The van der Waals surface area contributed by atoms with Gasteiger partial charge in [0, 0.05) is 10.9 Å². The van der Waals surface area contributed by atoms with E-state index in [1.807, 2.05) is 31.2 Å². The Hall–Kier alpha value is -2.98. The van der Waals surface area contributed by atoms with Gasteiger partial charge in [0.2, 0.25) is 0 Å². The van der Waals surface area contributed by atoms with Crippen LogP contribution >= 0.6 is 0 Å². The van der Waals surface area contributed by atoms with Crippen LogP contribution in [-0.2, 0) is 0 Å². The number of ether oxygens (including phenoxy) is 1. The van der Waals surface area contributed by atoms with Crippen LogP contribution in [0.1, 0.15) is 31.7 Å². The first-order valence-corrected chi connectivity index (χ1v) is 9.86. The highest BCUT2D eigenvalue weighted by atomic mass is 19.1. The SMILES string of the molecule is C=CCOc1ccc(-c2ccc3cc(/C=C/CCCC(C)O)ccc3n2)cc1F. The first kappa shape index (κ1) is 20.7. The molecular formula is C25H26FNO2. The van der Waals surface area contributed by atoms with Gasteiger partial charge in [0.1, 0.15) is 6.61 Å². The summed E-state index contributed by atoms with van der Waals surface area (Å²) < 4.78 is 19.5. The van der Waals surface area contributed by atoms with Crippen LogP contribution in [0.5, 0.6) is 5.75 Å². The number of aliphatic hydroxyl groups is 1. The lowest BCUT2D eigenvalue weighted by molar-refractivity contribution is 0.182. The molecular weight excluding hydrogens is 365 g/mol. The molecule has 0 saturated heterocycles. The molecule has 1 atom stereocenters. The molecule has 1 unspecified atom stereocenters. The van der Waals surface area contributed by atoms with E-state index >= 15 is 0 Å². The molecule has 0 radical (unpaired) electrons. The molecule has 0 aliphatic heterocycles. The zero-order chi connectivity index (χ0) is 20.6. The van der Waals surface area contributed by atoms with Gasteiger partial charge in [-0.15, -0.1) is 0 Å². The van der Waals surface area contributed by atoms with Crippen LogP contribution in [0.4, 0.5) is 4.39 Å². The molecule has 0 amide bonds. The molecule has 3 aromatic rings. The van der Waals surface area contributed by atoms with Gasteiger partial charge in [-0.05, 0) is 68.1 Å². The summed E-state index contributed by atoms with van der Waals surface area (Å²) >= 11 is 0. The fraction of sp³-hybridized carbons (Fsp3) is 0.240. The minimum Gasteiger partial charge on any atom is -0.486 e. The predicted octanol–water partition coefficient (Wildman–Crippen LogP) is 6.17. The molecule has 0 spiro atoms. The lowest BCUT2D eigenvalue weighted by atomic mass is 10.1. The Morgan fingerprint density at radius 1 is 1.17 bits per heavy atom. The van der Waals surface area contributed by atoms with Crippen molar-refractivity contribution in [2.75, 3.05) is 6.61 Å². The average Bonchev–Trinajstić information content (AvgIpc) is 2.72. The number of nitrogens with zero attached hydrogens (tertiary/aromatic N) is 1. The van der Waals surface area contributed by atoms with Crippen molar-refractivity contribution >= 4 is 17.0 Å². The van der Waals surface area contributed by atoms with Crippen molar-refractivity contribution in [3.63, 3.8) is 0 Å². The Morgan fingerprint density at radius 3 is 2.79 bits per heavy atom. The first-order valence-electron chi connectivity index (χ1n) is 9.86. The zero-order valence-electron chi connectivity index (χ0n) is 16.6. The Kier molecular flexibility index (Phi) is 7.14. The van der Waals surface area contributed by atoms with Gasteiger partial charge in [0.15, 0.2) is 11.6 Å². The lowest BCUT2D eigenvalue weighted by Gasteiger charge is -2.08. The largest absolute Gasteiger partial charge is 0.486 e. The maximum Gasteiger partial charge on any atom is 0.165 e. The summed E-state index contributed by atoms with van der Waals surface area (Å²) in [6.45, 7) is 5.64. The van der Waals surface area contributed by atoms with E-state index in [1.54, 1.807) is 18.2 Å². The van der Waals surface area contributed by atoms with Gasteiger partial charge in [0.25, 0.3) is 0 Å². The number of benzene rings is 2. The van der Waals surface area contributed by atoms with Crippen LogP contribution in [0.25, 0.3) is 28.2 Å². The van der Waals surface area contributed by atoms with Crippen LogP contribution in [0.15, 0.2) is 67.3 Å². The molecule has 4 heteroatoms. The standard InChI is InChI=1S/C25H26FNO2/c1-3-15-29-25-14-11-21(17-22(25)26)24-13-10-20-16-19(9-12-23(20)27-24)8-6-4-5-7-18(2)28/h3,6,8-14,16-18,28H,1,4-5,7,15H2,2H3/b8-6+. The van der Waals surface area contributed by atoms with E-state index in [0.29, 0.717) is 11.3 Å². The summed E-state index contributed by atoms with van der Waals surface area (Å²) in [5.41, 5.74) is 3.39. The highest BCUT2D eigenvalue weighted by molar-refractivity contribution is 5.83. The monoisotopic (exact) mass is 391 g/mol. The second-order valence-corrected chi connectivity index (χ2v) is 7.08. The van der Waals surface area contributed by atoms with Crippen molar-refractivity contribution in [2.24, 2.45) is 0 Å². The number of unbranched alkanes of at least 4 members (excludes halogenated alkanes) is 1. The summed E-state index contributed by atoms with van der Waals surface area (Å²) in [5, 5.41) is 10.3. The molecule has 1 aromatic heterocycles. The van der Waals surface area contributed by atoms with E-state index in [1.165, 1.54) is 6.07 Å². The van der Waals surface area contributed by atoms with Gasteiger partial charge in [-0.25, -0.2) is 9.37 Å². The molecule has 0 bridgehead atoms. The first-order chi connectivity index (χ1) is 14.1. The van der Waals surface area contributed by atoms with Crippen LogP contribution in [0, 0.1) is 5.82 Å². The maximum absolute atomic E-state index is 14.2.